The van der Waals surface area contributed by atoms with Crippen molar-refractivity contribution in [1.82, 2.24) is 0 Å². The Labute approximate surface area is 136 Å². The monoisotopic (exact) mass is 356 g/mol. The first-order valence-corrected chi connectivity index (χ1v) is 7.72. The summed E-state index contributed by atoms with van der Waals surface area (Å²) in [5.74, 6) is -1.25. The molecule has 1 aliphatic carbocycles. The number of halogens is 1. The van der Waals surface area contributed by atoms with E-state index < -0.39 is 11.6 Å². The molecule has 1 N–H and O–H groups in total. The summed E-state index contributed by atoms with van der Waals surface area (Å²) < 4.78 is 0.752. The molecule has 22 heavy (non-hydrogen) atoms. The third kappa shape index (κ3) is 2.62. The highest BCUT2D eigenvalue weighted by Gasteiger charge is 2.32. The number of carbonyl (C=O) groups excluding carboxylic acids is 2. The summed E-state index contributed by atoms with van der Waals surface area (Å²) >= 11 is 3.32. The molecule has 0 spiro atoms. The molecule has 0 bridgehead atoms. The number of aliphatic hydroxyl groups is 1. The van der Waals surface area contributed by atoms with Crippen LogP contribution in [-0.2, 0) is 11.2 Å². The lowest BCUT2D eigenvalue weighted by Gasteiger charge is -2.18. The number of aryl methyl sites for hydroxylation is 1. The molecular formula is C18H13BrO3. The normalized spacial score (nSPS) is 14.2. The molecule has 0 unspecified atom stereocenters. The summed E-state index contributed by atoms with van der Waals surface area (Å²) in [6.45, 7) is 0. The lowest BCUT2D eigenvalue weighted by molar-refractivity contribution is -0.112. The van der Waals surface area contributed by atoms with Crippen LogP contribution >= 0.6 is 15.9 Å². The summed E-state index contributed by atoms with van der Waals surface area (Å²) in [6, 6.07) is 14.6. The first kappa shape index (κ1) is 14.7. The SMILES string of the molecule is O=C1C(=O)c2ccc(Br)cc2C(O)=C1CCc1ccccc1. The van der Waals surface area contributed by atoms with Crippen molar-refractivity contribution in [2.75, 3.05) is 0 Å². The second-order valence-electron chi connectivity index (χ2n) is 5.16. The van der Waals surface area contributed by atoms with Gasteiger partial charge in [0.2, 0.25) is 11.6 Å². The number of benzene rings is 2. The molecule has 0 atom stereocenters. The highest BCUT2D eigenvalue weighted by Crippen LogP contribution is 2.32. The van der Waals surface area contributed by atoms with E-state index >= 15 is 0 Å². The van der Waals surface area contributed by atoms with Gasteiger partial charge in [-0.3, -0.25) is 9.59 Å². The van der Waals surface area contributed by atoms with Gasteiger partial charge in [-0.05, 0) is 36.6 Å². The van der Waals surface area contributed by atoms with Crippen LogP contribution in [0.15, 0.2) is 58.6 Å². The molecule has 2 aromatic rings. The Bertz CT molecular complexity index is 791. The maximum atomic E-state index is 12.2. The minimum Gasteiger partial charge on any atom is -0.507 e. The standard InChI is InChI=1S/C18H13BrO3/c19-12-7-9-13-15(10-12)16(20)14(18(22)17(13)21)8-6-11-4-2-1-3-5-11/h1-5,7,9-10,20H,6,8H2. The molecule has 0 saturated carbocycles. The average molecular weight is 357 g/mol. The molecule has 0 saturated heterocycles. The molecule has 0 amide bonds. The van der Waals surface area contributed by atoms with E-state index in [1.165, 1.54) is 0 Å². The van der Waals surface area contributed by atoms with Gasteiger partial charge in [0, 0.05) is 21.2 Å². The van der Waals surface area contributed by atoms with Gasteiger partial charge in [-0.1, -0.05) is 46.3 Å². The molecule has 3 nitrogen and oxygen atoms in total. The fourth-order valence-corrected chi connectivity index (χ4v) is 2.95. The van der Waals surface area contributed by atoms with Gasteiger partial charge in [0.1, 0.15) is 5.76 Å². The maximum absolute atomic E-state index is 12.2. The van der Waals surface area contributed by atoms with Gasteiger partial charge in [0.25, 0.3) is 0 Å². The van der Waals surface area contributed by atoms with Crippen LogP contribution in [0.3, 0.4) is 0 Å². The number of hydrogen-bond acceptors (Lipinski definition) is 3. The molecule has 0 fully saturated rings. The van der Waals surface area contributed by atoms with Gasteiger partial charge in [0.15, 0.2) is 0 Å². The van der Waals surface area contributed by atoms with Gasteiger partial charge < -0.3 is 5.11 Å². The number of carbonyl (C=O) groups is 2. The summed E-state index contributed by atoms with van der Waals surface area (Å²) in [5.41, 5.74) is 1.93. The van der Waals surface area contributed by atoms with E-state index in [9.17, 15) is 14.7 Å². The second kappa shape index (κ2) is 5.89. The van der Waals surface area contributed by atoms with E-state index in [4.69, 9.17) is 0 Å². The van der Waals surface area contributed by atoms with Crippen molar-refractivity contribution >= 4 is 33.3 Å². The zero-order valence-electron chi connectivity index (χ0n) is 11.7. The van der Waals surface area contributed by atoms with Crippen LogP contribution in [0.4, 0.5) is 0 Å². The third-order valence-electron chi connectivity index (χ3n) is 3.75. The van der Waals surface area contributed by atoms with Crippen LogP contribution in [-0.4, -0.2) is 16.7 Å². The fourth-order valence-electron chi connectivity index (χ4n) is 2.59. The molecule has 1 aliphatic rings. The number of allylic oxidation sites excluding steroid dienone is 1. The Balaban J connectivity index is 1.97. The minimum absolute atomic E-state index is 0.0863. The van der Waals surface area contributed by atoms with Crippen LogP contribution in [0, 0.1) is 0 Å². The summed E-state index contributed by atoms with van der Waals surface area (Å²) in [6.07, 6.45) is 0.939. The van der Waals surface area contributed by atoms with Crippen LogP contribution in [0.5, 0.6) is 0 Å². The first-order valence-electron chi connectivity index (χ1n) is 6.93. The van der Waals surface area contributed by atoms with Crippen molar-refractivity contribution in [1.29, 1.82) is 0 Å². The molecular weight excluding hydrogens is 344 g/mol. The van der Waals surface area contributed by atoms with Crippen LogP contribution < -0.4 is 0 Å². The lowest BCUT2D eigenvalue weighted by atomic mass is 9.86. The van der Waals surface area contributed by atoms with Crippen molar-refractivity contribution in [2.45, 2.75) is 12.8 Å². The molecule has 0 aliphatic heterocycles. The van der Waals surface area contributed by atoms with Crippen molar-refractivity contribution in [2.24, 2.45) is 0 Å². The topological polar surface area (TPSA) is 54.4 Å². The predicted molar refractivity (Wildman–Crippen MR) is 87.8 cm³/mol. The Hall–Kier alpha value is -2.20. The number of rotatable bonds is 3. The smallest absolute Gasteiger partial charge is 0.234 e. The Morgan fingerprint density at radius 3 is 2.32 bits per heavy atom. The van der Waals surface area contributed by atoms with Crippen LogP contribution in [0.1, 0.15) is 27.9 Å². The Morgan fingerprint density at radius 1 is 0.864 bits per heavy atom. The van der Waals surface area contributed by atoms with E-state index in [0.717, 1.165) is 10.0 Å². The molecule has 4 heteroatoms. The van der Waals surface area contributed by atoms with Crippen molar-refractivity contribution in [3.8, 4) is 0 Å². The summed E-state index contributed by atoms with van der Waals surface area (Å²) in [5, 5.41) is 10.4. The van der Waals surface area contributed by atoms with Gasteiger partial charge >= 0.3 is 0 Å². The molecule has 2 aromatic carbocycles. The number of aliphatic hydroxyl groups excluding tert-OH is 1. The largest absolute Gasteiger partial charge is 0.507 e. The lowest BCUT2D eigenvalue weighted by Crippen LogP contribution is -2.24. The van der Waals surface area contributed by atoms with E-state index in [0.29, 0.717) is 18.4 Å². The van der Waals surface area contributed by atoms with E-state index in [1.807, 2.05) is 30.3 Å². The highest BCUT2D eigenvalue weighted by atomic mass is 79.9. The quantitative estimate of drug-likeness (QED) is 0.841. The Kier molecular flexibility index (Phi) is 3.94. The van der Waals surface area contributed by atoms with Crippen LogP contribution in [0.2, 0.25) is 0 Å². The van der Waals surface area contributed by atoms with Gasteiger partial charge in [-0.2, -0.15) is 0 Å². The molecule has 110 valence electrons. The van der Waals surface area contributed by atoms with Crippen molar-refractivity contribution < 1.29 is 14.7 Å². The maximum Gasteiger partial charge on any atom is 0.234 e. The Morgan fingerprint density at radius 2 is 1.59 bits per heavy atom. The fraction of sp³-hybridized carbons (Fsp3) is 0.111. The van der Waals surface area contributed by atoms with E-state index in [1.54, 1.807) is 18.2 Å². The number of fused-ring (bicyclic) bond motifs is 1. The number of ketones is 2. The summed E-state index contributed by atoms with van der Waals surface area (Å²) in [7, 11) is 0. The zero-order chi connectivity index (χ0) is 15.7. The minimum atomic E-state index is -0.608. The first-order chi connectivity index (χ1) is 10.6. The molecule has 0 radical (unpaired) electrons. The highest BCUT2D eigenvalue weighted by molar-refractivity contribution is 9.10. The average Bonchev–Trinajstić information content (AvgIpc) is 2.53. The molecule has 0 heterocycles. The van der Waals surface area contributed by atoms with Crippen molar-refractivity contribution in [3.63, 3.8) is 0 Å². The second-order valence-corrected chi connectivity index (χ2v) is 6.08. The number of Topliss-reactive ketones (excluding diaryl/α,β-unsaturated/α-hetero) is 2. The molecule has 3 rings (SSSR count). The third-order valence-corrected chi connectivity index (χ3v) is 4.25. The van der Waals surface area contributed by atoms with E-state index in [-0.39, 0.29) is 16.9 Å². The van der Waals surface area contributed by atoms with E-state index in [2.05, 4.69) is 15.9 Å². The summed E-state index contributed by atoms with van der Waals surface area (Å²) in [4.78, 5) is 24.4. The zero-order valence-corrected chi connectivity index (χ0v) is 13.3. The van der Waals surface area contributed by atoms with Crippen LogP contribution in [0.25, 0.3) is 5.76 Å². The predicted octanol–water partition coefficient (Wildman–Crippen LogP) is 4.12. The molecule has 0 aromatic heterocycles. The van der Waals surface area contributed by atoms with Gasteiger partial charge in [0.05, 0.1) is 0 Å². The number of hydrogen-bond donors (Lipinski definition) is 1. The van der Waals surface area contributed by atoms with Crippen molar-refractivity contribution in [3.05, 3.63) is 75.3 Å². The van der Waals surface area contributed by atoms with Gasteiger partial charge in [-0.15, -0.1) is 0 Å². The van der Waals surface area contributed by atoms with Gasteiger partial charge in [-0.25, -0.2) is 0 Å².